The van der Waals surface area contributed by atoms with Crippen LogP contribution in [0.25, 0.3) is 11.0 Å². The number of unbranched alkanes of at least 4 members (excludes halogenated alkanes) is 1. The van der Waals surface area contributed by atoms with Gasteiger partial charge < -0.3 is 24.9 Å². The van der Waals surface area contributed by atoms with Crippen molar-refractivity contribution in [3.05, 3.63) is 24.3 Å². The van der Waals surface area contributed by atoms with Gasteiger partial charge in [-0.1, -0.05) is 17.0 Å². The number of alkyl carbamates (subject to hydrolysis) is 2. The number of rotatable bonds is 8. The minimum atomic E-state index is -0.982. The van der Waals surface area contributed by atoms with Crippen LogP contribution in [-0.4, -0.2) is 57.1 Å². The van der Waals surface area contributed by atoms with E-state index in [4.69, 9.17) is 14.3 Å². The fourth-order valence-corrected chi connectivity index (χ4v) is 2.74. The maximum Gasteiger partial charge on any atom is 0.408 e. The number of para-hydroxylation sites is 1. The summed E-state index contributed by atoms with van der Waals surface area (Å²) in [7, 11) is 0. The number of aromatic nitrogens is 3. The van der Waals surface area contributed by atoms with Crippen molar-refractivity contribution in [3.63, 3.8) is 0 Å². The third-order valence-electron chi connectivity index (χ3n) is 4.06. The highest BCUT2D eigenvalue weighted by Gasteiger charge is 2.27. The van der Waals surface area contributed by atoms with Crippen LogP contribution < -0.4 is 15.5 Å². The largest absolute Gasteiger partial charge is 0.444 e. The molecule has 0 fully saturated rings. The van der Waals surface area contributed by atoms with Crippen molar-refractivity contribution in [2.45, 2.75) is 78.0 Å². The van der Waals surface area contributed by atoms with Crippen LogP contribution in [0.4, 0.5) is 9.59 Å². The number of hydrogen-bond donors (Lipinski definition) is 2. The van der Waals surface area contributed by atoms with Crippen molar-refractivity contribution >= 4 is 29.2 Å². The maximum absolute atomic E-state index is 12.8. The van der Waals surface area contributed by atoms with E-state index in [1.54, 1.807) is 65.8 Å². The minimum Gasteiger partial charge on any atom is -0.444 e. The van der Waals surface area contributed by atoms with Gasteiger partial charge in [-0.3, -0.25) is 0 Å². The molecule has 0 saturated heterocycles. The molecule has 1 heterocycles. The molecule has 0 radical (unpaired) electrons. The first-order valence-corrected chi connectivity index (χ1v) is 10.8. The zero-order chi connectivity index (χ0) is 24.6. The monoisotopic (exact) mass is 463 g/mol. The average Bonchev–Trinajstić information content (AvgIpc) is 3.07. The van der Waals surface area contributed by atoms with Crippen LogP contribution in [0.5, 0.6) is 0 Å². The summed E-state index contributed by atoms with van der Waals surface area (Å²) < 4.78 is 10.4. The Bertz CT molecular complexity index is 960. The van der Waals surface area contributed by atoms with Gasteiger partial charge in [-0.25, -0.2) is 14.4 Å². The fourth-order valence-electron chi connectivity index (χ4n) is 2.74. The van der Waals surface area contributed by atoms with Crippen LogP contribution in [0, 0.1) is 0 Å². The molecule has 0 aliphatic heterocycles. The lowest BCUT2D eigenvalue weighted by Crippen LogP contribution is -2.46. The number of benzene rings is 1. The highest BCUT2D eigenvalue weighted by Crippen LogP contribution is 2.11. The number of nitrogens with one attached hydrogen (secondary N) is 2. The predicted octanol–water partition coefficient (Wildman–Crippen LogP) is 2.97. The van der Waals surface area contributed by atoms with Gasteiger partial charge in [0.15, 0.2) is 0 Å². The Morgan fingerprint density at radius 1 is 0.970 bits per heavy atom. The molecule has 2 N–H and O–H groups in total. The van der Waals surface area contributed by atoms with Crippen LogP contribution in [-0.2, 0) is 14.3 Å². The first-order valence-electron chi connectivity index (χ1n) is 10.8. The third-order valence-corrected chi connectivity index (χ3v) is 4.06. The van der Waals surface area contributed by atoms with Crippen molar-refractivity contribution in [3.8, 4) is 0 Å². The van der Waals surface area contributed by atoms with E-state index < -0.39 is 35.4 Å². The van der Waals surface area contributed by atoms with E-state index in [2.05, 4.69) is 20.9 Å². The first-order chi connectivity index (χ1) is 15.3. The van der Waals surface area contributed by atoms with Gasteiger partial charge in [0.2, 0.25) is 0 Å². The molecule has 33 heavy (non-hydrogen) atoms. The summed E-state index contributed by atoms with van der Waals surface area (Å²) in [4.78, 5) is 43.2. The molecule has 0 aliphatic rings. The summed E-state index contributed by atoms with van der Waals surface area (Å²) in [6.07, 6.45) is 0.0957. The zero-order valence-electron chi connectivity index (χ0n) is 20.0. The van der Waals surface area contributed by atoms with Crippen LogP contribution in [0.15, 0.2) is 24.3 Å². The van der Waals surface area contributed by atoms with Gasteiger partial charge >= 0.3 is 18.2 Å². The summed E-state index contributed by atoms with van der Waals surface area (Å²) >= 11 is 0. The fraction of sp³-hybridized carbons (Fsp3) is 0.591. The predicted molar refractivity (Wildman–Crippen MR) is 120 cm³/mol. The van der Waals surface area contributed by atoms with Crippen LogP contribution in [0.2, 0.25) is 0 Å². The molecule has 11 nitrogen and oxygen atoms in total. The normalized spacial score (nSPS) is 12.7. The standard InChI is InChI=1S/C22H33N5O6/c1-21(2,3)31-19(29)23-14-10-9-12-16(24-20(30)32-22(4,5)6)18(28)33-27-17-13-8-7-11-15(17)25-26-27/h7-8,11,13,16H,9-10,12,14H2,1-6H3,(H,23,29)(H,24,30)/t16-/m1/s1. The number of amides is 2. The average molecular weight is 464 g/mol. The molecule has 0 unspecified atom stereocenters. The summed E-state index contributed by atoms with van der Waals surface area (Å²) in [6.45, 7) is 10.9. The van der Waals surface area contributed by atoms with Crippen molar-refractivity contribution in [1.29, 1.82) is 0 Å². The van der Waals surface area contributed by atoms with Gasteiger partial charge in [0.25, 0.3) is 0 Å². The lowest BCUT2D eigenvalue weighted by molar-refractivity contribution is -0.148. The molecule has 0 aliphatic carbocycles. The molecule has 2 aromatic rings. The zero-order valence-corrected chi connectivity index (χ0v) is 20.0. The SMILES string of the molecule is CC(C)(C)OC(=O)NCCCC[C@@H](NC(=O)OC(C)(C)C)C(=O)On1nnc2ccccc21. The first kappa shape index (κ1) is 25.9. The van der Waals surface area contributed by atoms with Crippen LogP contribution in [0.1, 0.15) is 60.8 Å². The molecule has 2 amide bonds. The lowest BCUT2D eigenvalue weighted by atomic mass is 10.1. The Hall–Kier alpha value is -3.37. The van der Waals surface area contributed by atoms with Gasteiger partial charge in [0.05, 0.1) is 0 Å². The van der Waals surface area contributed by atoms with Gasteiger partial charge in [-0.2, -0.15) is 0 Å². The topological polar surface area (TPSA) is 134 Å². The molecule has 2 rings (SSSR count). The lowest BCUT2D eigenvalue weighted by Gasteiger charge is -2.22. The van der Waals surface area contributed by atoms with Crippen LogP contribution >= 0.6 is 0 Å². The van der Waals surface area contributed by atoms with E-state index in [1.165, 1.54) is 0 Å². The molecule has 1 aromatic heterocycles. The molecule has 0 bridgehead atoms. The maximum atomic E-state index is 12.8. The molecule has 182 valence electrons. The van der Waals surface area contributed by atoms with Gasteiger partial charge in [-0.15, -0.1) is 5.10 Å². The second-order valence-electron chi connectivity index (χ2n) is 9.48. The van der Waals surface area contributed by atoms with Crippen molar-refractivity contribution < 1.29 is 28.7 Å². The van der Waals surface area contributed by atoms with Crippen molar-refractivity contribution in [2.24, 2.45) is 0 Å². The van der Waals surface area contributed by atoms with Gasteiger partial charge in [-0.05, 0) is 78.2 Å². The van der Waals surface area contributed by atoms with Gasteiger partial charge in [0.1, 0.15) is 28.3 Å². The molecule has 1 aromatic carbocycles. The highest BCUT2D eigenvalue weighted by atomic mass is 16.7. The van der Waals surface area contributed by atoms with E-state index >= 15 is 0 Å². The van der Waals surface area contributed by atoms with E-state index in [0.717, 1.165) is 4.85 Å². The Morgan fingerprint density at radius 2 is 1.61 bits per heavy atom. The Balaban J connectivity index is 1.95. The van der Waals surface area contributed by atoms with E-state index in [1.807, 2.05) is 0 Å². The van der Waals surface area contributed by atoms with Crippen molar-refractivity contribution in [2.75, 3.05) is 6.54 Å². The van der Waals surface area contributed by atoms with Gasteiger partial charge in [0, 0.05) is 6.54 Å². The Morgan fingerprint density at radius 3 is 2.27 bits per heavy atom. The Kier molecular flexibility index (Phi) is 8.61. The second-order valence-corrected chi connectivity index (χ2v) is 9.48. The highest BCUT2D eigenvalue weighted by molar-refractivity contribution is 5.82. The van der Waals surface area contributed by atoms with Crippen molar-refractivity contribution in [1.82, 2.24) is 25.8 Å². The van der Waals surface area contributed by atoms with Crippen LogP contribution in [0.3, 0.4) is 0 Å². The van der Waals surface area contributed by atoms with E-state index in [0.29, 0.717) is 30.4 Å². The third kappa shape index (κ3) is 9.34. The Labute approximate surface area is 193 Å². The molecular weight excluding hydrogens is 430 g/mol. The van der Waals surface area contributed by atoms with E-state index in [9.17, 15) is 14.4 Å². The number of hydrogen-bond acceptors (Lipinski definition) is 8. The van der Waals surface area contributed by atoms with E-state index in [-0.39, 0.29) is 6.42 Å². The summed E-state index contributed by atoms with van der Waals surface area (Å²) in [6, 6.07) is 6.03. The number of carbonyl (C=O) groups excluding carboxylic acids is 3. The quantitative estimate of drug-likeness (QED) is 0.451. The number of fused-ring (bicyclic) bond motifs is 1. The molecule has 1 atom stereocenters. The molecule has 11 heteroatoms. The second kappa shape index (κ2) is 11.0. The number of ether oxygens (including phenoxy) is 2. The smallest absolute Gasteiger partial charge is 0.408 e. The number of nitrogens with zero attached hydrogens (tertiary/aromatic N) is 3. The summed E-state index contributed by atoms with van der Waals surface area (Å²) in [5.74, 6) is -0.711. The minimum absolute atomic E-state index is 0.265. The molecule has 0 saturated carbocycles. The molecule has 0 spiro atoms. The molecular formula is C22H33N5O6. The summed E-state index contributed by atoms with van der Waals surface area (Å²) in [5.41, 5.74) is -0.224. The number of carbonyl (C=O) groups is 3. The summed E-state index contributed by atoms with van der Waals surface area (Å²) in [5, 5.41) is 13.0.